The van der Waals surface area contributed by atoms with Crippen LogP contribution in [0.2, 0.25) is 0 Å². The van der Waals surface area contributed by atoms with Crippen LogP contribution in [0.1, 0.15) is 18.7 Å². The smallest absolute Gasteiger partial charge is 0.244 e. The molecular weight excluding hydrogens is 286 g/mol. The Kier molecular flexibility index (Phi) is 5.49. The molecule has 1 aromatic rings. The molecule has 2 nitrogen and oxygen atoms in total. The molecule has 16 heavy (non-hydrogen) atoms. The van der Waals surface area contributed by atoms with Gasteiger partial charge in [0.05, 0.1) is 0 Å². The van der Waals surface area contributed by atoms with Crippen LogP contribution in [0.3, 0.4) is 0 Å². The van der Waals surface area contributed by atoms with Gasteiger partial charge >= 0.3 is 0 Å². The number of rotatable bonds is 4. The van der Waals surface area contributed by atoms with Crippen LogP contribution < -0.4 is 5.32 Å². The molecule has 86 valence electrons. The Morgan fingerprint density at radius 2 is 2.31 bits per heavy atom. The zero-order valence-electron chi connectivity index (χ0n) is 9.29. The summed E-state index contributed by atoms with van der Waals surface area (Å²) in [6, 6.07) is 1.98. The zero-order chi connectivity index (χ0) is 12.0. The number of thiophene rings is 1. The van der Waals surface area contributed by atoms with Crippen molar-refractivity contribution in [2.24, 2.45) is 0 Å². The van der Waals surface area contributed by atoms with Crippen molar-refractivity contribution in [2.75, 3.05) is 6.54 Å². The van der Waals surface area contributed by atoms with E-state index in [4.69, 9.17) is 0 Å². The molecule has 0 aliphatic rings. The first-order valence-electron chi connectivity index (χ1n) is 4.91. The van der Waals surface area contributed by atoms with Gasteiger partial charge in [0.15, 0.2) is 0 Å². The first kappa shape index (κ1) is 13.2. The quantitative estimate of drug-likeness (QED) is 0.668. The summed E-state index contributed by atoms with van der Waals surface area (Å²) in [5, 5.41) is 4.77. The van der Waals surface area contributed by atoms with Crippen molar-refractivity contribution in [3.63, 3.8) is 0 Å². The molecule has 0 saturated carbocycles. The number of allylic oxidation sites excluding steroid dienone is 1. The number of amides is 1. The van der Waals surface area contributed by atoms with Gasteiger partial charge in [-0.25, -0.2) is 0 Å². The molecule has 0 bridgehead atoms. The molecule has 0 unspecified atom stereocenters. The van der Waals surface area contributed by atoms with Crippen LogP contribution in [0.5, 0.6) is 0 Å². The molecule has 1 aromatic heterocycles. The van der Waals surface area contributed by atoms with Gasteiger partial charge in [-0.15, -0.1) is 11.3 Å². The maximum absolute atomic E-state index is 11.4. The lowest BCUT2D eigenvalue weighted by Crippen LogP contribution is -2.20. The van der Waals surface area contributed by atoms with Crippen molar-refractivity contribution in [1.82, 2.24) is 5.32 Å². The number of hydrogen-bond acceptors (Lipinski definition) is 2. The Morgan fingerprint density at radius 1 is 1.56 bits per heavy atom. The van der Waals surface area contributed by atoms with Crippen LogP contribution in [0.4, 0.5) is 0 Å². The third-order valence-electron chi connectivity index (χ3n) is 1.77. The van der Waals surface area contributed by atoms with Gasteiger partial charge in [0, 0.05) is 27.4 Å². The molecule has 0 aromatic carbocycles. The Balaban J connectivity index is 2.39. The summed E-state index contributed by atoms with van der Waals surface area (Å²) in [4.78, 5) is 12.4. The van der Waals surface area contributed by atoms with Crippen LogP contribution >= 0.6 is 27.3 Å². The van der Waals surface area contributed by atoms with Crippen LogP contribution in [0, 0.1) is 0 Å². The third kappa shape index (κ3) is 5.28. The second kappa shape index (κ2) is 6.66. The maximum Gasteiger partial charge on any atom is 0.244 e. The highest BCUT2D eigenvalue weighted by Gasteiger charge is 1.95. The lowest BCUT2D eigenvalue weighted by Gasteiger charge is -1.96. The minimum Gasteiger partial charge on any atom is -0.349 e. The van der Waals surface area contributed by atoms with Gasteiger partial charge in [-0.05, 0) is 41.9 Å². The highest BCUT2D eigenvalue weighted by atomic mass is 79.9. The summed E-state index contributed by atoms with van der Waals surface area (Å²) in [6.07, 6.45) is 5.35. The van der Waals surface area contributed by atoms with Crippen LogP contribution in [0.25, 0.3) is 6.08 Å². The summed E-state index contributed by atoms with van der Waals surface area (Å²) in [5.74, 6) is -0.0676. The first-order chi connectivity index (χ1) is 7.58. The predicted molar refractivity (Wildman–Crippen MR) is 73.5 cm³/mol. The Labute approximate surface area is 108 Å². The van der Waals surface area contributed by atoms with Crippen LogP contribution in [-0.2, 0) is 4.79 Å². The normalized spacial score (nSPS) is 10.4. The van der Waals surface area contributed by atoms with Gasteiger partial charge in [-0.2, -0.15) is 0 Å². The molecule has 1 heterocycles. The van der Waals surface area contributed by atoms with Crippen LogP contribution in [-0.4, -0.2) is 12.5 Å². The summed E-state index contributed by atoms with van der Waals surface area (Å²) in [5.41, 5.74) is 1.20. The molecule has 0 atom stereocenters. The van der Waals surface area contributed by atoms with E-state index in [-0.39, 0.29) is 5.91 Å². The predicted octanol–water partition coefficient (Wildman–Crippen LogP) is 3.61. The average molecular weight is 300 g/mol. The van der Waals surface area contributed by atoms with Crippen molar-refractivity contribution < 1.29 is 4.79 Å². The minimum absolute atomic E-state index is 0.0676. The standard InChI is InChI=1S/C12H14BrNOS/c1-9(2)5-6-14-12(15)4-3-11-7-10(13)8-16-11/h3-5,7-8H,6H2,1-2H3,(H,14,15)/b4-3+. The van der Waals surface area contributed by atoms with E-state index in [2.05, 4.69) is 21.2 Å². The molecule has 1 rings (SSSR count). The Morgan fingerprint density at radius 3 is 2.88 bits per heavy atom. The molecule has 0 spiro atoms. The molecule has 0 aliphatic heterocycles. The van der Waals surface area contributed by atoms with Gasteiger partial charge in [0.1, 0.15) is 0 Å². The summed E-state index contributed by atoms with van der Waals surface area (Å²) < 4.78 is 1.04. The van der Waals surface area contributed by atoms with Crippen LogP contribution in [0.15, 0.2) is 33.6 Å². The van der Waals surface area contributed by atoms with Gasteiger partial charge in [-0.3, -0.25) is 4.79 Å². The van der Waals surface area contributed by atoms with Crippen molar-refractivity contribution in [3.05, 3.63) is 38.5 Å². The number of carbonyl (C=O) groups excluding carboxylic acids is 1. The molecule has 0 fully saturated rings. The number of nitrogens with one attached hydrogen (secondary N) is 1. The molecule has 4 heteroatoms. The van der Waals surface area contributed by atoms with E-state index in [1.54, 1.807) is 17.4 Å². The maximum atomic E-state index is 11.4. The fourth-order valence-corrected chi connectivity index (χ4v) is 2.33. The fourth-order valence-electron chi connectivity index (χ4n) is 0.988. The number of carbonyl (C=O) groups is 1. The third-order valence-corrected chi connectivity index (χ3v) is 3.43. The van der Waals surface area contributed by atoms with E-state index in [9.17, 15) is 4.79 Å². The first-order valence-corrected chi connectivity index (χ1v) is 6.58. The molecule has 1 N–H and O–H groups in total. The summed E-state index contributed by atoms with van der Waals surface area (Å²) in [6.45, 7) is 4.59. The highest BCUT2D eigenvalue weighted by molar-refractivity contribution is 9.10. The monoisotopic (exact) mass is 299 g/mol. The van der Waals surface area contributed by atoms with Crippen molar-refractivity contribution in [3.8, 4) is 0 Å². The van der Waals surface area contributed by atoms with E-state index >= 15 is 0 Å². The topological polar surface area (TPSA) is 29.1 Å². The van der Waals surface area contributed by atoms with E-state index < -0.39 is 0 Å². The fraction of sp³-hybridized carbons (Fsp3) is 0.250. The van der Waals surface area contributed by atoms with Gasteiger partial charge < -0.3 is 5.32 Å². The molecule has 0 radical (unpaired) electrons. The summed E-state index contributed by atoms with van der Waals surface area (Å²) >= 11 is 4.96. The average Bonchev–Trinajstić information content (AvgIpc) is 2.61. The largest absolute Gasteiger partial charge is 0.349 e. The van der Waals surface area contributed by atoms with Gasteiger partial charge in [0.25, 0.3) is 0 Å². The van der Waals surface area contributed by atoms with E-state index in [0.29, 0.717) is 6.54 Å². The second-order valence-corrected chi connectivity index (χ2v) is 5.39. The molecule has 1 amide bonds. The van der Waals surface area contributed by atoms with E-state index in [0.717, 1.165) is 9.35 Å². The number of halogens is 1. The lowest BCUT2D eigenvalue weighted by atomic mass is 10.3. The van der Waals surface area contributed by atoms with Crippen molar-refractivity contribution in [2.45, 2.75) is 13.8 Å². The molecule has 0 aliphatic carbocycles. The van der Waals surface area contributed by atoms with Gasteiger partial charge in [0.2, 0.25) is 5.91 Å². The molecular formula is C12H14BrNOS. The van der Waals surface area contributed by atoms with E-state index in [1.165, 1.54) is 5.57 Å². The lowest BCUT2D eigenvalue weighted by molar-refractivity contribution is -0.116. The SMILES string of the molecule is CC(C)=CCNC(=O)/C=C/c1cc(Br)cs1. The Hall–Kier alpha value is -0.870. The van der Waals surface area contributed by atoms with Crippen molar-refractivity contribution in [1.29, 1.82) is 0 Å². The second-order valence-electron chi connectivity index (χ2n) is 3.53. The summed E-state index contributed by atoms with van der Waals surface area (Å²) in [7, 11) is 0. The molecule has 0 saturated heterocycles. The van der Waals surface area contributed by atoms with E-state index in [1.807, 2.05) is 37.4 Å². The highest BCUT2D eigenvalue weighted by Crippen LogP contribution is 2.20. The number of hydrogen-bond donors (Lipinski definition) is 1. The van der Waals surface area contributed by atoms with Crippen molar-refractivity contribution >= 4 is 39.2 Å². The zero-order valence-corrected chi connectivity index (χ0v) is 11.7. The minimum atomic E-state index is -0.0676. The Bertz CT molecular complexity index is 416. The van der Waals surface area contributed by atoms with Gasteiger partial charge in [-0.1, -0.05) is 11.6 Å².